The lowest BCUT2D eigenvalue weighted by Crippen LogP contribution is -2.43. The highest BCUT2D eigenvalue weighted by Crippen LogP contribution is 2.39. The van der Waals surface area contributed by atoms with Crippen molar-refractivity contribution in [3.63, 3.8) is 0 Å². The summed E-state index contributed by atoms with van der Waals surface area (Å²) in [4.78, 5) is 18.5. The number of benzene rings is 1. The number of hydrogen-bond donors (Lipinski definition) is 1. The van der Waals surface area contributed by atoms with Crippen LogP contribution in [-0.4, -0.2) is 25.0 Å². The van der Waals surface area contributed by atoms with Crippen LogP contribution in [0.1, 0.15) is 43.0 Å². The Morgan fingerprint density at radius 1 is 1.24 bits per heavy atom. The first-order valence-electron chi connectivity index (χ1n) is 9.77. The first kappa shape index (κ1) is 20.6. The van der Waals surface area contributed by atoms with Crippen LogP contribution in [0.25, 0.3) is 0 Å². The van der Waals surface area contributed by atoms with Gasteiger partial charge in [0.05, 0.1) is 11.6 Å². The monoisotopic (exact) mass is 402 g/mol. The molecule has 0 aliphatic carbocycles. The van der Waals surface area contributed by atoms with E-state index in [1.54, 1.807) is 19.2 Å². The Labute approximate surface area is 173 Å². The molecule has 148 valence electrons. The molecule has 1 aromatic carbocycles. The standard InChI is InChI=1S/C23H26N4OSi/c1-16-12-21(26-23-9-7-19(14-24)15-25-23)20-13-18(10-11-29(3,4)5)6-8-22(20)27(16)17(2)28/h6-9,13,15-16,21H,12H2,1-5H3,(H,25,26)/t16-,21+/m0/s1. The topological polar surface area (TPSA) is 69.0 Å². The summed E-state index contributed by atoms with van der Waals surface area (Å²) in [5.41, 5.74) is 6.86. The fourth-order valence-corrected chi connectivity index (χ4v) is 4.06. The van der Waals surface area contributed by atoms with E-state index >= 15 is 0 Å². The molecule has 1 N–H and O–H groups in total. The van der Waals surface area contributed by atoms with Crippen molar-refractivity contribution in [2.24, 2.45) is 0 Å². The number of hydrogen-bond acceptors (Lipinski definition) is 4. The highest BCUT2D eigenvalue weighted by molar-refractivity contribution is 6.83. The van der Waals surface area contributed by atoms with E-state index in [9.17, 15) is 4.79 Å². The lowest BCUT2D eigenvalue weighted by molar-refractivity contribution is -0.117. The zero-order valence-corrected chi connectivity index (χ0v) is 18.6. The molecule has 29 heavy (non-hydrogen) atoms. The summed E-state index contributed by atoms with van der Waals surface area (Å²) in [5.74, 6) is 4.07. The van der Waals surface area contributed by atoms with Crippen molar-refractivity contribution < 1.29 is 4.79 Å². The summed E-state index contributed by atoms with van der Waals surface area (Å²) in [6.07, 6.45) is 2.33. The van der Waals surface area contributed by atoms with Crippen molar-refractivity contribution in [3.8, 4) is 17.5 Å². The quantitative estimate of drug-likeness (QED) is 0.594. The Morgan fingerprint density at radius 3 is 2.55 bits per heavy atom. The molecule has 6 heteroatoms. The van der Waals surface area contributed by atoms with E-state index in [0.717, 1.165) is 23.2 Å². The first-order valence-corrected chi connectivity index (χ1v) is 13.3. The maximum Gasteiger partial charge on any atom is 0.224 e. The van der Waals surface area contributed by atoms with Crippen molar-refractivity contribution >= 4 is 25.5 Å². The van der Waals surface area contributed by atoms with E-state index in [1.807, 2.05) is 23.1 Å². The van der Waals surface area contributed by atoms with Gasteiger partial charge < -0.3 is 10.2 Å². The summed E-state index contributed by atoms with van der Waals surface area (Å²) in [5, 5.41) is 12.5. The number of carbonyl (C=O) groups is 1. The average Bonchev–Trinajstić information content (AvgIpc) is 2.66. The Morgan fingerprint density at radius 2 is 1.97 bits per heavy atom. The molecule has 0 saturated heterocycles. The minimum atomic E-state index is -1.48. The highest BCUT2D eigenvalue weighted by Gasteiger charge is 2.32. The molecule has 1 amide bonds. The summed E-state index contributed by atoms with van der Waals surface area (Å²) in [6, 6.07) is 11.8. The molecule has 3 rings (SSSR count). The molecule has 0 saturated carbocycles. The second-order valence-electron chi connectivity index (χ2n) is 8.49. The predicted molar refractivity (Wildman–Crippen MR) is 119 cm³/mol. The van der Waals surface area contributed by atoms with Crippen LogP contribution in [0.2, 0.25) is 19.6 Å². The van der Waals surface area contributed by atoms with Crippen molar-refractivity contribution in [1.29, 1.82) is 5.26 Å². The first-order chi connectivity index (χ1) is 13.7. The molecule has 0 radical (unpaired) electrons. The average molecular weight is 403 g/mol. The van der Waals surface area contributed by atoms with Gasteiger partial charge >= 0.3 is 0 Å². The molecule has 0 unspecified atom stereocenters. The SMILES string of the molecule is CC(=O)N1c2ccc(C#C[Si](C)(C)C)cc2[C@H](Nc2ccc(C#N)cn2)C[C@@H]1C. The van der Waals surface area contributed by atoms with Crippen LogP contribution >= 0.6 is 0 Å². The van der Waals surface area contributed by atoms with E-state index in [4.69, 9.17) is 5.26 Å². The number of carbonyl (C=O) groups excluding carboxylic acids is 1. The molecule has 1 aromatic heterocycles. The number of nitrogens with one attached hydrogen (secondary N) is 1. The summed E-state index contributed by atoms with van der Waals surface area (Å²) in [7, 11) is -1.48. The minimum Gasteiger partial charge on any atom is -0.363 e. The van der Waals surface area contributed by atoms with E-state index in [2.05, 4.69) is 60.5 Å². The Balaban J connectivity index is 2.01. The summed E-state index contributed by atoms with van der Waals surface area (Å²) < 4.78 is 0. The molecule has 0 fully saturated rings. The van der Waals surface area contributed by atoms with Crippen molar-refractivity contribution in [3.05, 3.63) is 53.2 Å². The number of anilines is 2. The highest BCUT2D eigenvalue weighted by atomic mass is 28.3. The van der Waals surface area contributed by atoms with Gasteiger partial charge in [-0.05, 0) is 49.2 Å². The second-order valence-corrected chi connectivity index (χ2v) is 13.2. The number of amides is 1. The van der Waals surface area contributed by atoms with E-state index < -0.39 is 8.07 Å². The van der Waals surface area contributed by atoms with Crippen LogP contribution in [0.5, 0.6) is 0 Å². The fourth-order valence-electron chi connectivity index (χ4n) is 3.54. The molecule has 0 spiro atoms. The molecule has 2 heterocycles. The predicted octanol–water partition coefficient (Wildman–Crippen LogP) is 4.48. The van der Waals surface area contributed by atoms with Crippen LogP contribution < -0.4 is 10.2 Å². The van der Waals surface area contributed by atoms with Gasteiger partial charge in [0, 0.05) is 30.4 Å². The van der Waals surface area contributed by atoms with Crippen LogP contribution in [0, 0.1) is 22.8 Å². The van der Waals surface area contributed by atoms with Gasteiger partial charge in [-0.2, -0.15) is 5.26 Å². The lowest BCUT2D eigenvalue weighted by atomic mass is 9.90. The third-order valence-corrected chi connectivity index (χ3v) is 5.69. The lowest BCUT2D eigenvalue weighted by Gasteiger charge is -2.39. The van der Waals surface area contributed by atoms with Crippen LogP contribution in [0.4, 0.5) is 11.5 Å². The molecule has 1 aliphatic heterocycles. The van der Waals surface area contributed by atoms with Gasteiger partial charge in [0.15, 0.2) is 0 Å². The van der Waals surface area contributed by atoms with Gasteiger partial charge in [-0.25, -0.2) is 4.98 Å². The number of pyridine rings is 1. The Kier molecular flexibility index (Phi) is 5.77. The Hall–Kier alpha value is -3.09. The maximum atomic E-state index is 12.3. The fraction of sp³-hybridized carbons (Fsp3) is 0.348. The summed E-state index contributed by atoms with van der Waals surface area (Å²) in [6.45, 7) is 10.3. The molecule has 5 nitrogen and oxygen atoms in total. The minimum absolute atomic E-state index is 0.00432. The second kappa shape index (κ2) is 8.11. The van der Waals surface area contributed by atoms with Crippen LogP contribution in [0.15, 0.2) is 36.5 Å². The molecule has 2 atom stereocenters. The van der Waals surface area contributed by atoms with E-state index in [0.29, 0.717) is 11.4 Å². The van der Waals surface area contributed by atoms with Crippen LogP contribution in [0.3, 0.4) is 0 Å². The number of rotatable bonds is 2. The number of fused-ring (bicyclic) bond motifs is 1. The Bertz CT molecular complexity index is 1020. The third kappa shape index (κ3) is 4.85. The molecular formula is C23H26N4OSi. The third-order valence-electron chi connectivity index (χ3n) is 4.82. The van der Waals surface area contributed by atoms with E-state index in [-0.39, 0.29) is 18.0 Å². The zero-order valence-electron chi connectivity index (χ0n) is 17.6. The number of nitrogens with zero attached hydrogens (tertiary/aromatic N) is 3. The van der Waals surface area contributed by atoms with Gasteiger partial charge in [-0.1, -0.05) is 25.6 Å². The van der Waals surface area contributed by atoms with Gasteiger partial charge in [-0.3, -0.25) is 4.79 Å². The maximum absolute atomic E-state index is 12.3. The van der Waals surface area contributed by atoms with Gasteiger partial charge in [0.2, 0.25) is 5.91 Å². The molecule has 2 aromatic rings. The number of aromatic nitrogens is 1. The van der Waals surface area contributed by atoms with Gasteiger partial charge in [-0.15, -0.1) is 5.54 Å². The molecule has 0 bridgehead atoms. The number of nitriles is 1. The van der Waals surface area contributed by atoms with Crippen molar-refractivity contribution in [2.75, 3.05) is 10.2 Å². The van der Waals surface area contributed by atoms with Crippen molar-refractivity contribution in [2.45, 2.75) is 52.0 Å². The largest absolute Gasteiger partial charge is 0.363 e. The normalized spacial score (nSPS) is 18.1. The van der Waals surface area contributed by atoms with Crippen molar-refractivity contribution in [1.82, 2.24) is 4.98 Å². The molecule has 1 aliphatic rings. The smallest absolute Gasteiger partial charge is 0.224 e. The van der Waals surface area contributed by atoms with E-state index in [1.165, 1.54) is 0 Å². The zero-order chi connectivity index (χ0) is 21.2. The van der Waals surface area contributed by atoms with Crippen LogP contribution in [-0.2, 0) is 4.79 Å². The molecular weight excluding hydrogens is 376 g/mol. The van der Waals surface area contributed by atoms with Gasteiger partial charge in [0.25, 0.3) is 0 Å². The van der Waals surface area contributed by atoms with Gasteiger partial charge in [0.1, 0.15) is 20.0 Å². The summed E-state index contributed by atoms with van der Waals surface area (Å²) >= 11 is 0.